The molecule has 0 radical (unpaired) electrons. The number of methoxy groups -OCH3 is 1. The minimum absolute atomic E-state index is 0.0124. The molecule has 3 heterocycles. The summed E-state index contributed by atoms with van der Waals surface area (Å²) in [6.07, 6.45) is 5.79. The van der Waals surface area contributed by atoms with Crippen LogP contribution in [-0.4, -0.2) is 55.9 Å². The van der Waals surface area contributed by atoms with Crippen LogP contribution in [0.1, 0.15) is 45.3 Å². The molecule has 0 unspecified atom stereocenters. The summed E-state index contributed by atoms with van der Waals surface area (Å²) in [6, 6.07) is 6.49. The summed E-state index contributed by atoms with van der Waals surface area (Å²) in [7, 11) is 1.26. The van der Waals surface area contributed by atoms with Gasteiger partial charge in [-0.2, -0.15) is 0 Å². The van der Waals surface area contributed by atoms with Gasteiger partial charge in [0.2, 0.25) is 0 Å². The zero-order valence-corrected chi connectivity index (χ0v) is 21.1. The van der Waals surface area contributed by atoms with Crippen LogP contribution in [0.4, 0.5) is 0 Å². The maximum Gasteiger partial charge on any atom is 0.354 e. The first-order valence-corrected chi connectivity index (χ1v) is 11.8. The molecule has 1 saturated heterocycles. The second-order valence-corrected chi connectivity index (χ2v) is 9.23. The number of amides is 1. The Kier molecular flexibility index (Phi) is 6.93. The molecular formula is C25H25BrN4O5. The first kappa shape index (κ1) is 24.5. The van der Waals surface area contributed by atoms with Gasteiger partial charge < -0.3 is 24.3 Å². The summed E-state index contributed by atoms with van der Waals surface area (Å²) in [5, 5.41) is 11.4. The Morgan fingerprint density at radius 1 is 1.20 bits per heavy atom. The monoisotopic (exact) mass is 540 g/mol. The van der Waals surface area contributed by atoms with E-state index in [1.807, 2.05) is 35.0 Å². The van der Waals surface area contributed by atoms with Crippen LogP contribution in [0.3, 0.4) is 0 Å². The summed E-state index contributed by atoms with van der Waals surface area (Å²) in [5.74, 6) is -2.36. The average Bonchev–Trinajstić information content (AvgIpc) is 3.52. The third-order valence-electron chi connectivity index (χ3n) is 6.16. The fourth-order valence-corrected chi connectivity index (χ4v) is 4.76. The van der Waals surface area contributed by atoms with Crippen molar-refractivity contribution in [2.24, 2.45) is 0 Å². The Balaban J connectivity index is 1.79. The molecule has 3 aromatic rings. The van der Waals surface area contributed by atoms with E-state index in [1.54, 1.807) is 26.4 Å². The number of ether oxygens (including phenoxy) is 1. The van der Waals surface area contributed by atoms with E-state index < -0.39 is 23.7 Å². The number of hydrogen-bond donors (Lipinski definition) is 2. The van der Waals surface area contributed by atoms with Crippen LogP contribution in [0, 0.1) is 13.8 Å². The first-order valence-electron chi connectivity index (χ1n) is 11.0. The number of imidazole rings is 1. The van der Waals surface area contributed by atoms with E-state index in [-0.39, 0.29) is 17.0 Å². The summed E-state index contributed by atoms with van der Waals surface area (Å²) in [5.41, 5.74) is 2.09. The van der Waals surface area contributed by atoms with E-state index in [1.165, 1.54) is 12.0 Å². The number of carbonyl (C=O) groups is 3. The topological polar surface area (TPSA) is 118 Å². The van der Waals surface area contributed by atoms with Crippen LogP contribution in [0.25, 0.3) is 5.76 Å². The molecule has 1 fully saturated rings. The Morgan fingerprint density at radius 3 is 2.54 bits per heavy atom. The number of benzene rings is 1. The molecule has 1 aliphatic rings. The minimum Gasteiger partial charge on any atom is -0.507 e. The lowest BCUT2D eigenvalue weighted by molar-refractivity contribution is -0.139. The molecule has 2 aromatic heterocycles. The molecule has 9 nitrogen and oxygen atoms in total. The molecule has 1 amide bonds. The van der Waals surface area contributed by atoms with Gasteiger partial charge in [0.1, 0.15) is 11.5 Å². The standard InChI is InChI=1S/C25H25BrN4O5/c1-14-18(15(2)28-20(14)25(34)35-3)22(31)19-21(16-5-7-17(26)8-6-16)30(24(33)23(19)32)11-4-10-29-12-9-27-13-29/h5-9,12-13,21,28,31H,4,10-11H2,1-3H3/b22-19+/t21-/m0/s1. The number of aliphatic hydroxyl groups excluding tert-OH is 1. The van der Waals surface area contributed by atoms with Crippen molar-refractivity contribution >= 4 is 39.3 Å². The van der Waals surface area contributed by atoms with E-state index in [2.05, 4.69) is 25.9 Å². The van der Waals surface area contributed by atoms with Crippen LogP contribution in [0.15, 0.2) is 53.0 Å². The number of H-pyrrole nitrogens is 1. The first-order chi connectivity index (χ1) is 16.7. The molecule has 1 aromatic carbocycles. The number of nitrogens with zero attached hydrogens (tertiary/aromatic N) is 3. The highest BCUT2D eigenvalue weighted by Gasteiger charge is 2.46. The van der Waals surface area contributed by atoms with Gasteiger partial charge in [0.05, 0.1) is 25.1 Å². The van der Waals surface area contributed by atoms with E-state index >= 15 is 0 Å². The number of aryl methyl sites for hydroxylation is 2. The summed E-state index contributed by atoms with van der Waals surface area (Å²) < 4.78 is 7.56. The summed E-state index contributed by atoms with van der Waals surface area (Å²) in [6.45, 7) is 4.26. The number of carbonyl (C=O) groups excluding carboxylic acids is 3. The van der Waals surface area contributed by atoms with E-state index in [0.717, 1.165) is 4.47 Å². The molecule has 0 aliphatic carbocycles. The molecule has 182 valence electrons. The second-order valence-electron chi connectivity index (χ2n) is 8.31. The molecule has 4 rings (SSSR count). The van der Waals surface area contributed by atoms with E-state index in [0.29, 0.717) is 41.9 Å². The average molecular weight is 541 g/mol. The Labute approximate surface area is 210 Å². The SMILES string of the molecule is COC(=O)c1[nH]c(C)c(/C(O)=C2\C(=O)C(=O)N(CCCn3ccnc3)[C@H]2c2ccc(Br)cc2)c1C. The van der Waals surface area contributed by atoms with Crippen molar-refractivity contribution in [1.82, 2.24) is 19.4 Å². The van der Waals surface area contributed by atoms with Crippen molar-refractivity contribution in [1.29, 1.82) is 0 Å². The molecule has 1 atom stereocenters. The van der Waals surface area contributed by atoms with Gasteiger partial charge in [-0.05, 0) is 43.5 Å². The van der Waals surface area contributed by atoms with Gasteiger partial charge in [-0.1, -0.05) is 28.1 Å². The fourth-order valence-electron chi connectivity index (χ4n) is 4.49. The quantitative estimate of drug-likeness (QED) is 0.203. The van der Waals surface area contributed by atoms with Crippen LogP contribution in [-0.2, 0) is 20.9 Å². The van der Waals surface area contributed by atoms with E-state index in [4.69, 9.17) is 4.74 Å². The van der Waals surface area contributed by atoms with Gasteiger partial charge in [0, 0.05) is 41.2 Å². The van der Waals surface area contributed by atoms with Crippen LogP contribution in [0.5, 0.6) is 0 Å². The highest BCUT2D eigenvalue weighted by atomic mass is 79.9. The number of rotatable bonds is 7. The third-order valence-corrected chi connectivity index (χ3v) is 6.69. The van der Waals surface area contributed by atoms with Crippen molar-refractivity contribution < 1.29 is 24.2 Å². The van der Waals surface area contributed by atoms with Crippen LogP contribution < -0.4 is 0 Å². The second kappa shape index (κ2) is 9.91. The maximum absolute atomic E-state index is 13.3. The van der Waals surface area contributed by atoms with Gasteiger partial charge in [0.15, 0.2) is 0 Å². The fraction of sp³-hybridized carbons (Fsp3) is 0.280. The predicted octanol–water partition coefficient (Wildman–Crippen LogP) is 3.89. The smallest absolute Gasteiger partial charge is 0.354 e. The highest BCUT2D eigenvalue weighted by molar-refractivity contribution is 9.10. The predicted molar refractivity (Wildman–Crippen MR) is 132 cm³/mol. The lowest BCUT2D eigenvalue weighted by Gasteiger charge is -2.25. The van der Waals surface area contributed by atoms with Crippen molar-refractivity contribution in [2.75, 3.05) is 13.7 Å². The van der Waals surface area contributed by atoms with Crippen molar-refractivity contribution in [3.8, 4) is 0 Å². The molecule has 0 spiro atoms. The van der Waals surface area contributed by atoms with Gasteiger partial charge in [-0.3, -0.25) is 9.59 Å². The van der Waals surface area contributed by atoms with Crippen molar-refractivity contribution in [3.05, 3.63) is 81.1 Å². The van der Waals surface area contributed by atoms with Crippen LogP contribution in [0.2, 0.25) is 0 Å². The number of aliphatic hydroxyl groups is 1. The third kappa shape index (κ3) is 4.53. The molecule has 2 N–H and O–H groups in total. The van der Waals surface area contributed by atoms with Gasteiger partial charge in [-0.15, -0.1) is 0 Å². The van der Waals surface area contributed by atoms with Crippen molar-refractivity contribution in [3.63, 3.8) is 0 Å². The zero-order valence-electron chi connectivity index (χ0n) is 19.5. The largest absolute Gasteiger partial charge is 0.507 e. The van der Waals surface area contributed by atoms with Gasteiger partial charge in [0.25, 0.3) is 11.7 Å². The minimum atomic E-state index is -0.777. The Morgan fingerprint density at radius 2 is 1.91 bits per heavy atom. The van der Waals surface area contributed by atoms with Crippen molar-refractivity contribution in [2.45, 2.75) is 32.9 Å². The lowest BCUT2D eigenvalue weighted by Crippen LogP contribution is -2.31. The maximum atomic E-state index is 13.3. The number of aromatic nitrogens is 3. The summed E-state index contributed by atoms with van der Waals surface area (Å²) >= 11 is 3.41. The zero-order chi connectivity index (χ0) is 25.3. The van der Waals surface area contributed by atoms with E-state index in [9.17, 15) is 19.5 Å². The molecule has 1 aliphatic heterocycles. The van der Waals surface area contributed by atoms with Gasteiger partial charge in [-0.25, -0.2) is 9.78 Å². The number of nitrogens with one attached hydrogen (secondary N) is 1. The summed E-state index contributed by atoms with van der Waals surface area (Å²) in [4.78, 5) is 47.0. The molecule has 0 saturated carbocycles. The number of likely N-dealkylation sites (tertiary alicyclic amines) is 1. The Hall–Kier alpha value is -3.66. The number of halogens is 1. The number of ketones is 1. The van der Waals surface area contributed by atoms with Crippen LogP contribution >= 0.6 is 15.9 Å². The number of esters is 1. The molecule has 35 heavy (non-hydrogen) atoms. The highest BCUT2D eigenvalue weighted by Crippen LogP contribution is 2.41. The molecule has 10 heteroatoms. The van der Waals surface area contributed by atoms with Gasteiger partial charge >= 0.3 is 5.97 Å². The number of hydrogen-bond acceptors (Lipinski definition) is 6. The number of Topliss-reactive ketones (excluding diaryl/α,β-unsaturated/α-hetero) is 1. The number of aromatic amines is 1. The normalized spacial score (nSPS) is 17.3. The lowest BCUT2D eigenvalue weighted by atomic mass is 9.94. The molecular weight excluding hydrogens is 516 g/mol. The molecule has 0 bridgehead atoms. The Bertz CT molecular complexity index is 1310.